The Hall–Kier alpha value is -0.636. The summed E-state index contributed by atoms with van der Waals surface area (Å²) < 4.78 is 0. The van der Waals surface area contributed by atoms with E-state index in [2.05, 4.69) is 16.3 Å². The topological polar surface area (TPSA) is 28.7 Å². The van der Waals surface area contributed by atoms with Crippen molar-refractivity contribution in [1.82, 2.24) is 9.97 Å². The van der Waals surface area contributed by atoms with Gasteiger partial charge in [0.1, 0.15) is 0 Å². The van der Waals surface area contributed by atoms with Crippen LogP contribution in [0.5, 0.6) is 0 Å². The van der Waals surface area contributed by atoms with E-state index in [1.165, 1.54) is 0 Å². The maximum Gasteiger partial charge on any atom is 4.00 e. The van der Waals surface area contributed by atoms with Crippen molar-refractivity contribution >= 4 is 11.0 Å². The summed E-state index contributed by atoms with van der Waals surface area (Å²) in [5.41, 5.74) is 2.01. The summed E-state index contributed by atoms with van der Waals surface area (Å²) in [6, 6.07) is 19.8. The van der Waals surface area contributed by atoms with Crippen LogP contribution in [0.3, 0.4) is 0 Å². The molecule has 0 aliphatic rings. The van der Waals surface area contributed by atoms with Crippen molar-refractivity contribution in [3.8, 4) is 0 Å². The molecule has 99 valence electrons. The number of hydrogen-bond acceptors (Lipinski definition) is 1. The van der Waals surface area contributed by atoms with Gasteiger partial charge in [0.15, 0.2) is 0 Å². The van der Waals surface area contributed by atoms with Gasteiger partial charge in [0.2, 0.25) is 0 Å². The number of halogens is 3. The number of H-pyrrole nitrogens is 1. The summed E-state index contributed by atoms with van der Waals surface area (Å²) in [7, 11) is 0. The molecule has 3 aromatic rings. The SMILES string of the molecule is [Cl-].[Cl-].[Cl-].[V+4].[c-]1nc2ccccc2[nH]1.c1ccccc1. The minimum Gasteiger partial charge on any atom is -1.00 e. The van der Waals surface area contributed by atoms with Crippen LogP contribution in [-0.4, -0.2) is 9.97 Å². The van der Waals surface area contributed by atoms with Crippen molar-refractivity contribution in [2.45, 2.75) is 0 Å². The number of nitrogens with one attached hydrogen (secondary N) is 1. The third-order valence-electron chi connectivity index (χ3n) is 1.94. The van der Waals surface area contributed by atoms with E-state index in [-0.39, 0.29) is 55.8 Å². The second-order valence-electron chi connectivity index (χ2n) is 3.02. The molecule has 0 saturated heterocycles. The summed E-state index contributed by atoms with van der Waals surface area (Å²) in [6.07, 6.45) is 2.66. The maximum atomic E-state index is 3.94. The molecule has 0 bridgehead atoms. The van der Waals surface area contributed by atoms with Gasteiger partial charge in [-0.3, -0.25) is 0 Å². The molecule has 2 nitrogen and oxygen atoms in total. The van der Waals surface area contributed by atoms with Gasteiger partial charge in [-0.05, 0) is 6.33 Å². The van der Waals surface area contributed by atoms with E-state index in [1.54, 1.807) is 0 Å². The molecular formula is C13H11Cl3N2V. The zero-order valence-corrected chi connectivity index (χ0v) is 13.5. The molecule has 0 unspecified atom stereocenters. The normalized spacial score (nSPS) is 7.37. The van der Waals surface area contributed by atoms with Crippen molar-refractivity contribution in [2.75, 3.05) is 0 Å². The van der Waals surface area contributed by atoms with E-state index < -0.39 is 0 Å². The van der Waals surface area contributed by atoms with Gasteiger partial charge >= 0.3 is 18.6 Å². The standard InChI is InChI=1S/C7H5N2.C6H6.3ClH.V/c1-2-4-7-6(3-1)8-5-9-7;1-2-4-6-5-3-1;;;;/h1-4H,(H,8,9);1-6H;3*1H;/q-1;;;;;+4/p-3. The first-order valence-corrected chi connectivity index (χ1v) is 4.77. The number of para-hydroxylation sites is 2. The third-order valence-corrected chi connectivity index (χ3v) is 1.94. The largest absolute Gasteiger partial charge is 4.00 e. The average molecular weight is 353 g/mol. The molecule has 0 fully saturated rings. The quantitative estimate of drug-likeness (QED) is 0.401. The molecule has 1 radical (unpaired) electrons. The molecule has 19 heavy (non-hydrogen) atoms. The van der Waals surface area contributed by atoms with Gasteiger partial charge in [0.05, 0.1) is 0 Å². The fourth-order valence-electron chi connectivity index (χ4n) is 1.21. The fraction of sp³-hybridized carbons (Fsp3) is 0. The number of aromatic nitrogens is 2. The van der Waals surface area contributed by atoms with Crippen molar-refractivity contribution < 1.29 is 55.8 Å². The van der Waals surface area contributed by atoms with Gasteiger partial charge in [-0.15, -0.1) is 12.1 Å². The predicted octanol–water partition coefficient (Wildman–Crippen LogP) is -5.94. The molecule has 2 aromatic carbocycles. The van der Waals surface area contributed by atoms with E-state index in [9.17, 15) is 0 Å². The van der Waals surface area contributed by atoms with Crippen molar-refractivity contribution in [3.05, 3.63) is 67.0 Å². The number of aromatic amines is 1. The van der Waals surface area contributed by atoms with Crippen LogP contribution in [0.25, 0.3) is 11.0 Å². The monoisotopic (exact) mass is 351 g/mol. The first-order chi connectivity index (χ1) is 7.47. The molecule has 0 aliphatic carbocycles. The van der Waals surface area contributed by atoms with Crippen molar-refractivity contribution in [3.63, 3.8) is 0 Å². The van der Waals surface area contributed by atoms with Crippen LogP contribution in [0.4, 0.5) is 0 Å². The zero-order valence-electron chi connectivity index (χ0n) is 9.80. The molecule has 0 atom stereocenters. The molecule has 0 aliphatic heterocycles. The van der Waals surface area contributed by atoms with E-state index in [4.69, 9.17) is 0 Å². The third kappa shape index (κ3) is 8.20. The van der Waals surface area contributed by atoms with Crippen LogP contribution < -0.4 is 37.2 Å². The van der Waals surface area contributed by atoms with E-state index in [1.807, 2.05) is 60.7 Å². The Morgan fingerprint density at radius 3 is 1.68 bits per heavy atom. The molecule has 0 spiro atoms. The zero-order chi connectivity index (χ0) is 10.3. The van der Waals surface area contributed by atoms with Crippen molar-refractivity contribution in [2.24, 2.45) is 0 Å². The second-order valence-corrected chi connectivity index (χ2v) is 3.02. The maximum absolute atomic E-state index is 3.94. The summed E-state index contributed by atoms with van der Waals surface area (Å²) in [5.74, 6) is 0. The Balaban J connectivity index is -0.000000234. The molecule has 3 rings (SSSR count). The Morgan fingerprint density at radius 2 is 1.21 bits per heavy atom. The van der Waals surface area contributed by atoms with E-state index in [0.717, 1.165) is 11.0 Å². The molecule has 1 aromatic heterocycles. The average Bonchev–Trinajstić information content (AvgIpc) is 2.80. The van der Waals surface area contributed by atoms with E-state index >= 15 is 0 Å². The van der Waals surface area contributed by atoms with Gasteiger partial charge in [-0.25, -0.2) is 0 Å². The smallest absolute Gasteiger partial charge is 1.00 e. The van der Waals surface area contributed by atoms with E-state index in [0.29, 0.717) is 0 Å². The summed E-state index contributed by atoms with van der Waals surface area (Å²) in [6.45, 7) is 0. The minimum absolute atomic E-state index is 0. The molecule has 6 heteroatoms. The molecule has 0 saturated carbocycles. The minimum atomic E-state index is 0. The number of benzene rings is 2. The fourth-order valence-corrected chi connectivity index (χ4v) is 1.21. The first-order valence-electron chi connectivity index (χ1n) is 4.77. The van der Waals surface area contributed by atoms with Crippen LogP contribution in [0.2, 0.25) is 0 Å². The van der Waals surface area contributed by atoms with Gasteiger partial charge in [-0.2, -0.15) is 0 Å². The first kappa shape index (κ1) is 23.5. The van der Waals surface area contributed by atoms with Crippen LogP contribution >= 0.6 is 0 Å². The number of fused-ring (bicyclic) bond motifs is 1. The predicted molar refractivity (Wildman–Crippen MR) is 61.4 cm³/mol. The van der Waals surface area contributed by atoms with Crippen molar-refractivity contribution in [1.29, 1.82) is 0 Å². The Labute approximate surface area is 143 Å². The van der Waals surface area contributed by atoms with Gasteiger partial charge in [0, 0.05) is 0 Å². The number of nitrogens with zero attached hydrogens (tertiary/aromatic N) is 1. The summed E-state index contributed by atoms with van der Waals surface area (Å²) in [5, 5.41) is 0. The molecule has 0 amide bonds. The number of rotatable bonds is 0. The van der Waals surface area contributed by atoms with Gasteiger partial charge in [0.25, 0.3) is 0 Å². The van der Waals surface area contributed by atoms with Gasteiger partial charge < -0.3 is 47.2 Å². The molecule has 1 N–H and O–H groups in total. The van der Waals surface area contributed by atoms with Gasteiger partial charge in [-0.1, -0.05) is 59.6 Å². The van der Waals surface area contributed by atoms with Crippen LogP contribution in [0.15, 0.2) is 60.7 Å². The number of imidazole rings is 1. The molecule has 1 heterocycles. The Bertz CT molecular complexity index is 460. The van der Waals surface area contributed by atoms with Crippen LogP contribution in [0.1, 0.15) is 0 Å². The van der Waals surface area contributed by atoms with Crippen LogP contribution in [-0.2, 0) is 18.6 Å². The molecular weight excluding hydrogens is 341 g/mol. The number of hydrogen-bond donors (Lipinski definition) is 1. The summed E-state index contributed by atoms with van der Waals surface area (Å²) in [4.78, 5) is 6.82. The Kier molecular flexibility index (Phi) is 17.0. The van der Waals surface area contributed by atoms with Crippen LogP contribution in [0, 0.1) is 6.33 Å². The second kappa shape index (κ2) is 13.8. The summed E-state index contributed by atoms with van der Waals surface area (Å²) >= 11 is 0. The Morgan fingerprint density at radius 1 is 0.737 bits per heavy atom.